The molecule has 6 heteroatoms. The van der Waals surface area contributed by atoms with Crippen molar-refractivity contribution in [1.29, 1.82) is 0 Å². The zero-order chi connectivity index (χ0) is 17.4. The van der Waals surface area contributed by atoms with Crippen LogP contribution in [0.4, 0.5) is 0 Å². The van der Waals surface area contributed by atoms with Gasteiger partial charge in [-0.2, -0.15) is 0 Å². The largest absolute Gasteiger partial charge is 0.369 e. The lowest BCUT2D eigenvalue weighted by molar-refractivity contribution is -0.0360. The first-order valence-electron chi connectivity index (χ1n) is 8.66. The second kappa shape index (κ2) is 6.54. The van der Waals surface area contributed by atoms with Gasteiger partial charge in [0.25, 0.3) is 0 Å². The van der Waals surface area contributed by atoms with Crippen LogP contribution in [0.2, 0.25) is 0 Å². The van der Waals surface area contributed by atoms with Gasteiger partial charge in [-0.1, -0.05) is 12.1 Å². The van der Waals surface area contributed by atoms with Crippen LogP contribution in [0.15, 0.2) is 30.3 Å². The van der Waals surface area contributed by atoms with Gasteiger partial charge in [-0.3, -0.25) is 4.90 Å². The average molecular weight is 337 g/mol. The molecular formula is C19H23N5O. The molecule has 1 saturated heterocycles. The van der Waals surface area contributed by atoms with E-state index in [0.29, 0.717) is 6.61 Å². The van der Waals surface area contributed by atoms with E-state index in [0.717, 1.165) is 48.2 Å². The SMILES string of the molecule is Cc1cc([C@@H]2CN(Cc3nc4ccccc4n3C)CCO2)nc(C)n1. The minimum Gasteiger partial charge on any atom is -0.369 e. The molecule has 130 valence electrons. The molecule has 6 nitrogen and oxygen atoms in total. The van der Waals surface area contributed by atoms with E-state index in [2.05, 4.69) is 44.7 Å². The molecule has 1 aliphatic heterocycles. The smallest absolute Gasteiger partial charge is 0.125 e. The van der Waals surface area contributed by atoms with E-state index in [9.17, 15) is 0 Å². The van der Waals surface area contributed by atoms with Crippen molar-refractivity contribution in [2.45, 2.75) is 26.5 Å². The zero-order valence-electron chi connectivity index (χ0n) is 14.9. The number of hydrogen-bond acceptors (Lipinski definition) is 5. The molecule has 0 radical (unpaired) electrons. The summed E-state index contributed by atoms with van der Waals surface area (Å²) in [4.78, 5) is 16.1. The van der Waals surface area contributed by atoms with Crippen LogP contribution in [-0.4, -0.2) is 44.1 Å². The molecule has 1 aromatic carbocycles. The van der Waals surface area contributed by atoms with Crippen LogP contribution in [0, 0.1) is 13.8 Å². The Labute approximate surface area is 147 Å². The maximum Gasteiger partial charge on any atom is 0.125 e. The fourth-order valence-corrected chi connectivity index (χ4v) is 3.47. The average Bonchev–Trinajstić information content (AvgIpc) is 2.91. The number of nitrogens with zero attached hydrogens (tertiary/aromatic N) is 5. The van der Waals surface area contributed by atoms with Gasteiger partial charge in [-0.25, -0.2) is 15.0 Å². The first-order chi connectivity index (χ1) is 12.1. The predicted octanol–water partition coefficient (Wildman–Crippen LogP) is 2.55. The van der Waals surface area contributed by atoms with Gasteiger partial charge in [0.2, 0.25) is 0 Å². The summed E-state index contributed by atoms with van der Waals surface area (Å²) in [5.74, 6) is 1.88. The van der Waals surface area contributed by atoms with E-state index in [1.165, 1.54) is 5.52 Å². The monoisotopic (exact) mass is 337 g/mol. The lowest BCUT2D eigenvalue weighted by Gasteiger charge is -2.32. The van der Waals surface area contributed by atoms with Crippen molar-refractivity contribution in [3.63, 3.8) is 0 Å². The lowest BCUT2D eigenvalue weighted by Crippen LogP contribution is -2.38. The molecule has 1 fully saturated rings. The summed E-state index contributed by atoms with van der Waals surface area (Å²) in [7, 11) is 2.08. The quantitative estimate of drug-likeness (QED) is 0.735. The molecule has 3 heterocycles. The van der Waals surface area contributed by atoms with Gasteiger partial charge in [0, 0.05) is 25.8 Å². The second-order valence-corrected chi connectivity index (χ2v) is 6.65. The van der Waals surface area contributed by atoms with Crippen LogP contribution in [0.3, 0.4) is 0 Å². The van der Waals surface area contributed by atoms with Crippen molar-refractivity contribution in [3.8, 4) is 0 Å². The van der Waals surface area contributed by atoms with Gasteiger partial charge in [0.15, 0.2) is 0 Å². The van der Waals surface area contributed by atoms with Crippen LogP contribution in [0.25, 0.3) is 11.0 Å². The highest BCUT2D eigenvalue weighted by Crippen LogP contribution is 2.23. The first-order valence-corrected chi connectivity index (χ1v) is 8.66. The predicted molar refractivity (Wildman–Crippen MR) is 96.2 cm³/mol. The molecule has 1 aliphatic rings. The summed E-state index contributed by atoms with van der Waals surface area (Å²) in [5.41, 5.74) is 4.18. The molecule has 0 bridgehead atoms. The van der Waals surface area contributed by atoms with Crippen molar-refractivity contribution in [1.82, 2.24) is 24.4 Å². The number of ether oxygens (including phenoxy) is 1. The molecule has 3 aromatic rings. The van der Waals surface area contributed by atoms with Crippen LogP contribution >= 0.6 is 0 Å². The third-order valence-electron chi connectivity index (χ3n) is 4.71. The number of morpholine rings is 1. The number of benzene rings is 1. The summed E-state index contributed by atoms with van der Waals surface area (Å²) in [6, 6.07) is 10.3. The van der Waals surface area contributed by atoms with E-state index in [-0.39, 0.29) is 6.10 Å². The Kier molecular flexibility index (Phi) is 4.23. The Hall–Kier alpha value is -2.31. The molecule has 0 aliphatic carbocycles. The molecular weight excluding hydrogens is 314 g/mol. The molecule has 25 heavy (non-hydrogen) atoms. The molecule has 0 saturated carbocycles. The Morgan fingerprint density at radius 1 is 1.16 bits per heavy atom. The van der Waals surface area contributed by atoms with Crippen LogP contribution in [0.1, 0.15) is 29.1 Å². The molecule has 1 atom stereocenters. The fraction of sp³-hybridized carbons (Fsp3) is 0.421. The van der Waals surface area contributed by atoms with Gasteiger partial charge in [0.05, 0.1) is 29.9 Å². The van der Waals surface area contributed by atoms with E-state index in [1.807, 2.05) is 26.0 Å². The zero-order valence-corrected chi connectivity index (χ0v) is 14.9. The van der Waals surface area contributed by atoms with Gasteiger partial charge in [0.1, 0.15) is 17.8 Å². The van der Waals surface area contributed by atoms with Gasteiger partial charge in [-0.05, 0) is 32.0 Å². The highest BCUT2D eigenvalue weighted by molar-refractivity contribution is 5.75. The minimum atomic E-state index is -0.0103. The number of rotatable bonds is 3. The maximum absolute atomic E-state index is 5.97. The third kappa shape index (κ3) is 3.27. The Morgan fingerprint density at radius 2 is 2.00 bits per heavy atom. The summed E-state index contributed by atoms with van der Waals surface area (Å²) in [6.07, 6.45) is -0.0103. The third-order valence-corrected chi connectivity index (χ3v) is 4.71. The number of para-hydroxylation sites is 2. The molecule has 4 rings (SSSR count). The van der Waals surface area contributed by atoms with Gasteiger partial charge < -0.3 is 9.30 Å². The van der Waals surface area contributed by atoms with Gasteiger partial charge in [-0.15, -0.1) is 0 Å². The normalized spacial score (nSPS) is 18.8. The maximum atomic E-state index is 5.97. The highest BCUT2D eigenvalue weighted by Gasteiger charge is 2.24. The molecule has 0 amide bonds. The first kappa shape index (κ1) is 16.2. The summed E-state index contributed by atoms with van der Waals surface area (Å²) in [5, 5.41) is 0. The Bertz CT molecular complexity index is 884. The summed E-state index contributed by atoms with van der Waals surface area (Å²) >= 11 is 0. The number of fused-ring (bicyclic) bond motifs is 1. The minimum absolute atomic E-state index is 0.0103. The van der Waals surface area contributed by atoms with Crippen molar-refractivity contribution < 1.29 is 4.74 Å². The topological polar surface area (TPSA) is 56.1 Å². The van der Waals surface area contributed by atoms with E-state index < -0.39 is 0 Å². The van der Waals surface area contributed by atoms with Crippen molar-refractivity contribution in [2.75, 3.05) is 19.7 Å². The van der Waals surface area contributed by atoms with Crippen molar-refractivity contribution in [2.24, 2.45) is 7.05 Å². The van der Waals surface area contributed by atoms with Gasteiger partial charge >= 0.3 is 0 Å². The number of imidazole rings is 1. The van der Waals surface area contributed by atoms with Crippen LogP contribution in [0.5, 0.6) is 0 Å². The van der Waals surface area contributed by atoms with E-state index in [1.54, 1.807) is 0 Å². The fourth-order valence-electron chi connectivity index (χ4n) is 3.47. The lowest BCUT2D eigenvalue weighted by atomic mass is 10.1. The highest BCUT2D eigenvalue weighted by atomic mass is 16.5. The van der Waals surface area contributed by atoms with Crippen molar-refractivity contribution in [3.05, 3.63) is 53.4 Å². The summed E-state index contributed by atoms with van der Waals surface area (Å²) < 4.78 is 8.15. The molecule has 0 N–H and O–H groups in total. The Balaban J connectivity index is 1.53. The number of hydrogen-bond donors (Lipinski definition) is 0. The van der Waals surface area contributed by atoms with E-state index in [4.69, 9.17) is 9.72 Å². The second-order valence-electron chi connectivity index (χ2n) is 6.65. The Morgan fingerprint density at radius 3 is 2.80 bits per heavy atom. The van der Waals surface area contributed by atoms with Crippen molar-refractivity contribution >= 4 is 11.0 Å². The molecule has 2 aromatic heterocycles. The number of aromatic nitrogens is 4. The van der Waals surface area contributed by atoms with E-state index >= 15 is 0 Å². The molecule has 0 unspecified atom stereocenters. The number of aryl methyl sites for hydroxylation is 3. The van der Waals surface area contributed by atoms with Crippen LogP contribution < -0.4 is 0 Å². The molecule has 0 spiro atoms. The standard InChI is InChI=1S/C19H23N5O/c1-13-10-16(21-14(2)20-13)18-11-24(8-9-25-18)12-19-22-15-6-4-5-7-17(15)23(19)3/h4-7,10,18H,8-9,11-12H2,1-3H3/t18-/m0/s1. The van der Waals surface area contributed by atoms with Crippen LogP contribution in [-0.2, 0) is 18.3 Å². The summed E-state index contributed by atoms with van der Waals surface area (Å²) in [6.45, 7) is 7.17.